The molecule has 0 saturated carbocycles. The van der Waals surface area contributed by atoms with E-state index < -0.39 is 60.0 Å². The number of aryl methyl sites for hydroxylation is 1. The minimum Gasteiger partial charge on any atom is -0.447 e. The second-order valence-electron chi connectivity index (χ2n) is 19.6. The number of fused-ring (bicyclic) bond motifs is 14. The first-order valence-electron chi connectivity index (χ1n) is 25.1. The SMILES string of the molecule is CNC(=O)C[C@@H]1NC(=O)c2csc(n2)-c2ccc(-c3nc(NC(=O)OCC(C)(C)N)cs3)nc2-c2csc(n2)-c2csc(n2)[C@H]([C@@H](O)c2ccccc2)NC(=O)CNC(=O)c2nc(sc2COC)[C@@H](C(C)C)CC(=O)c2nc1sc2C. The van der Waals surface area contributed by atoms with E-state index in [0.29, 0.717) is 73.7 Å². The van der Waals surface area contributed by atoms with E-state index in [1.165, 1.54) is 82.2 Å². The van der Waals surface area contributed by atoms with Gasteiger partial charge < -0.3 is 41.6 Å². The van der Waals surface area contributed by atoms with E-state index in [0.717, 1.165) is 0 Å². The quantitative estimate of drug-likeness (QED) is 0.0638. The number of hydrogen-bond acceptors (Lipinski definition) is 23. The Bertz CT molecular complexity index is 3620. The monoisotopic (exact) mass is 1210 g/mol. The highest BCUT2D eigenvalue weighted by Gasteiger charge is 2.33. The van der Waals surface area contributed by atoms with Crippen molar-refractivity contribution in [2.75, 3.05) is 32.6 Å². The first-order valence-corrected chi connectivity index (χ1v) is 30.3. The van der Waals surface area contributed by atoms with Crippen LogP contribution in [-0.4, -0.2) is 108 Å². The summed E-state index contributed by atoms with van der Waals surface area (Å²) < 4.78 is 10.7. The first-order chi connectivity index (χ1) is 38.7. The normalized spacial score (nSPS) is 16.7. The number of amides is 5. The number of ether oxygens (including phenoxy) is 2. The number of benzene rings is 1. The maximum Gasteiger partial charge on any atom is 0.412 e. The van der Waals surface area contributed by atoms with Crippen LogP contribution >= 0.6 is 68.0 Å². The molecule has 1 aliphatic rings. The van der Waals surface area contributed by atoms with Gasteiger partial charge in [0, 0.05) is 64.0 Å². The van der Waals surface area contributed by atoms with Gasteiger partial charge in [0.25, 0.3) is 11.8 Å². The van der Waals surface area contributed by atoms with Gasteiger partial charge in [-0.2, -0.15) is 0 Å². The smallest absolute Gasteiger partial charge is 0.412 e. The van der Waals surface area contributed by atoms with Crippen molar-refractivity contribution in [3.05, 3.63) is 111 Å². The number of aliphatic hydroxyl groups excluding tert-OH is 1. The van der Waals surface area contributed by atoms with Gasteiger partial charge in [-0.1, -0.05) is 44.2 Å². The average molecular weight is 1210 g/mol. The number of hydrogen-bond donors (Lipinski definition) is 7. The third kappa shape index (κ3) is 14.0. The van der Waals surface area contributed by atoms with E-state index in [9.17, 15) is 33.9 Å². The second kappa shape index (κ2) is 25.3. The number of nitrogens with one attached hydrogen (secondary N) is 5. The molecule has 5 amide bonds. The summed E-state index contributed by atoms with van der Waals surface area (Å²) in [5.74, 6) is -2.92. The minimum atomic E-state index is -1.27. The molecule has 7 aromatic heterocycles. The van der Waals surface area contributed by atoms with Gasteiger partial charge in [0.05, 0.1) is 41.2 Å². The maximum atomic E-state index is 14.3. The summed E-state index contributed by atoms with van der Waals surface area (Å²) in [7, 11) is 2.97. The fourth-order valence-corrected chi connectivity index (χ4v) is 13.9. The van der Waals surface area contributed by atoms with Crippen LogP contribution in [0.1, 0.15) is 126 Å². The van der Waals surface area contributed by atoms with Crippen LogP contribution in [0.25, 0.3) is 43.4 Å². The number of anilines is 1. The minimum absolute atomic E-state index is 0.0236. The van der Waals surface area contributed by atoms with Crippen LogP contribution in [0.4, 0.5) is 10.6 Å². The Balaban J connectivity index is 1.12. The fraction of sp³-hybridized carbons (Fsp3) is 0.340. The Morgan fingerprint density at radius 2 is 1.48 bits per heavy atom. The zero-order valence-electron chi connectivity index (χ0n) is 44.6. The molecule has 0 radical (unpaired) electrons. The summed E-state index contributed by atoms with van der Waals surface area (Å²) >= 11 is 7.29. The Hall–Kier alpha value is -7.15. The van der Waals surface area contributed by atoms with Gasteiger partial charge in [-0.3, -0.25) is 29.3 Å². The number of carbonyl (C=O) groups is 6. The van der Waals surface area contributed by atoms with Crippen LogP contribution in [0.5, 0.6) is 0 Å². The van der Waals surface area contributed by atoms with Crippen molar-refractivity contribution in [2.24, 2.45) is 11.7 Å². The lowest BCUT2D eigenvalue weighted by molar-refractivity contribution is -0.122. The molecule has 0 unspecified atom stereocenters. The molecule has 22 nitrogen and oxygen atoms in total. The number of rotatable bonds is 11. The highest BCUT2D eigenvalue weighted by atomic mass is 32.1. The Kier molecular flexibility index (Phi) is 18.3. The van der Waals surface area contributed by atoms with E-state index in [2.05, 4.69) is 31.6 Å². The summed E-state index contributed by atoms with van der Waals surface area (Å²) in [6.45, 7) is 8.61. The number of Topliss-reactive ketones (excluding diaryl/α,β-unsaturated/α-hetero) is 1. The van der Waals surface area contributed by atoms with Gasteiger partial charge in [0.15, 0.2) is 5.78 Å². The van der Waals surface area contributed by atoms with Crippen molar-refractivity contribution in [1.82, 2.24) is 56.2 Å². The van der Waals surface area contributed by atoms with E-state index in [1.54, 1.807) is 84.8 Å². The van der Waals surface area contributed by atoms with Crippen molar-refractivity contribution in [3.63, 3.8) is 0 Å². The van der Waals surface area contributed by atoms with E-state index >= 15 is 0 Å². The zero-order chi connectivity index (χ0) is 57.7. The van der Waals surface area contributed by atoms with Gasteiger partial charge in [-0.15, -0.1) is 68.0 Å². The predicted octanol–water partition coefficient (Wildman–Crippen LogP) is 8.48. The Morgan fingerprint density at radius 3 is 2.22 bits per heavy atom. The highest BCUT2D eigenvalue weighted by molar-refractivity contribution is 7.15. The summed E-state index contributed by atoms with van der Waals surface area (Å²) in [6.07, 6.45) is -2.22. The topological polar surface area (TPSA) is 318 Å². The highest BCUT2D eigenvalue weighted by Crippen LogP contribution is 2.41. The van der Waals surface area contributed by atoms with Crippen molar-refractivity contribution < 1.29 is 43.3 Å². The molecule has 8 heterocycles. The van der Waals surface area contributed by atoms with Crippen molar-refractivity contribution in [2.45, 2.75) is 83.7 Å². The van der Waals surface area contributed by atoms with Gasteiger partial charge in [0.1, 0.15) is 83.8 Å². The number of ketones is 1. The number of nitrogens with two attached hydrogens (primary N) is 1. The second-order valence-corrected chi connectivity index (χ2v) is 25.5. The van der Waals surface area contributed by atoms with Gasteiger partial charge in [0.2, 0.25) is 11.8 Å². The lowest BCUT2D eigenvalue weighted by Crippen LogP contribution is -2.40. The molecule has 0 fully saturated rings. The Morgan fingerprint density at radius 1 is 0.778 bits per heavy atom. The summed E-state index contributed by atoms with van der Waals surface area (Å²) in [5, 5.41) is 35.0. The number of aromatic nitrogens is 7. The summed E-state index contributed by atoms with van der Waals surface area (Å²) in [5.41, 5.74) is 8.17. The zero-order valence-corrected chi connectivity index (χ0v) is 49.5. The van der Waals surface area contributed by atoms with Crippen LogP contribution in [0, 0.1) is 12.8 Å². The Labute approximate surface area is 488 Å². The lowest BCUT2D eigenvalue weighted by Gasteiger charge is -2.23. The maximum absolute atomic E-state index is 14.3. The molecule has 1 aromatic carbocycles. The molecule has 81 heavy (non-hydrogen) atoms. The third-order valence-electron chi connectivity index (χ3n) is 12.4. The molecule has 0 aliphatic carbocycles. The van der Waals surface area contributed by atoms with Crippen LogP contribution in [-0.2, 0) is 25.7 Å². The van der Waals surface area contributed by atoms with Crippen molar-refractivity contribution >= 4 is 109 Å². The average Bonchev–Trinajstić information content (AvgIpc) is 4.34. The number of nitrogens with zero attached hydrogens (tertiary/aromatic N) is 7. The standard InChI is InChI=1S/C53H55N13O9S6/c1-24(2)28-15-34(67)39-25(3)80-50(65-39)30(16-37(68)55-6)58-44(71)32-20-76-46(60-32)27-13-14-29(48-62-36(22-79-48)63-52(73)75-23-53(4,5)54)57-40(27)31-19-77-49(59-31)33-21-78-51(61-33)42(43(70)26-11-9-8-10-12-26)64-38(69)17-56-45(72)41-35(18-74-7)81-47(28)66-41/h8-14,19-22,24,28,30,42-43,70H,15-18,23,54H2,1-7H3,(H,55,68)(H,56,72)(H,58,71)(H,63,73)(H,64,69)/t28-,30+,42+,43+/m1/s1. The molecular formula is C53H55N13O9S6. The van der Waals surface area contributed by atoms with E-state index in [1.807, 2.05) is 13.8 Å². The molecule has 0 saturated heterocycles. The lowest BCUT2D eigenvalue weighted by atomic mass is 9.90. The van der Waals surface area contributed by atoms with Crippen LogP contribution in [0.3, 0.4) is 0 Å². The first kappa shape index (κ1) is 58.5. The molecule has 422 valence electrons. The van der Waals surface area contributed by atoms with Gasteiger partial charge in [-0.05, 0) is 44.4 Å². The molecular weight excluding hydrogens is 1160 g/mol. The van der Waals surface area contributed by atoms with Crippen LogP contribution in [0.15, 0.2) is 64.0 Å². The number of pyridine rings is 1. The van der Waals surface area contributed by atoms with E-state index in [4.69, 9.17) is 45.1 Å². The number of methoxy groups -OCH3 is 1. The largest absolute Gasteiger partial charge is 0.447 e. The molecule has 4 atom stereocenters. The number of carbonyl (C=O) groups excluding carboxylic acids is 6. The molecule has 28 heteroatoms. The van der Waals surface area contributed by atoms with Gasteiger partial charge >= 0.3 is 6.09 Å². The van der Waals surface area contributed by atoms with E-state index in [-0.39, 0.29) is 66.6 Å². The molecule has 8 aromatic rings. The predicted molar refractivity (Wildman–Crippen MR) is 312 cm³/mol. The molecule has 10 bridgehead atoms. The molecule has 0 spiro atoms. The third-order valence-corrected chi connectivity index (χ3v) is 18.2. The summed E-state index contributed by atoms with van der Waals surface area (Å²) in [4.78, 5) is 117. The van der Waals surface area contributed by atoms with Crippen LogP contribution in [0.2, 0.25) is 0 Å². The number of aliphatic hydroxyl groups is 1. The molecule has 1 aliphatic heterocycles. The number of thiazole rings is 6. The van der Waals surface area contributed by atoms with Crippen molar-refractivity contribution in [1.29, 1.82) is 0 Å². The van der Waals surface area contributed by atoms with Gasteiger partial charge in [-0.25, -0.2) is 39.7 Å². The van der Waals surface area contributed by atoms with Crippen molar-refractivity contribution in [3.8, 4) is 43.4 Å². The molecule has 9 rings (SSSR count). The van der Waals surface area contributed by atoms with Crippen LogP contribution < -0.4 is 32.3 Å². The summed E-state index contributed by atoms with van der Waals surface area (Å²) in [6, 6.07) is 10.3. The fourth-order valence-electron chi connectivity index (χ4n) is 8.29. The molecule has 8 N–H and O–H groups in total.